The number of aromatic nitrogens is 2. The maximum atomic E-state index is 12.2. The van der Waals surface area contributed by atoms with Crippen LogP contribution in [-0.4, -0.2) is 28.2 Å². The highest BCUT2D eigenvalue weighted by Gasteiger charge is 2.26. The molecule has 7 heteroatoms. The maximum Gasteiger partial charge on any atom is 0.313 e. The lowest BCUT2D eigenvalue weighted by Crippen LogP contribution is -2.38. The molecular formula is C18H22N4O3. The van der Waals surface area contributed by atoms with E-state index in [1.807, 2.05) is 18.7 Å². The quantitative estimate of drug-likeness (QED) is 0.832. The summed E-state index contributed by atoms with van der Waals surface area (Å²) in [6.07, 6.45) is 4.47. The minimum absolute atomic E-state index is 0.170. The number of hydrogen-bond acceptors (Lipinski definition) is 4. The topological polar surface area (TPSA) is 85.2 Å². The van der Waals surface area contributed by atoms with E-state index in [0.29, 0.717) is 12.3 Å². The maximum absolute atomic E-state index is 12.2. The Hall–Kier alpha value is -2.83. The van der Waals surface area contributed by atoms with Gasteiger partial charge in [0.2, 0.25) is 0 Å². The number of nitrogens with one attached hydrogen (secondary N) is 2. The van der Waals surface area contributed by atoms with Gasteiger partial charge in [0.15, 0.2) is 0 Å². The Kier molecular flexibility index (Phi) is 5.02. The van der Waals surface area contributed by atoms with Gasteiger partial charge < -0.3 is 15.4 Å². The summed E-state index contributed by atoms with van der Waals surface area (Å²) in [5, 5.41) is 9.66. The van der Waals surface area contributed by atoms with E-state index < -0.39 is 11.8 Å². The van der Waals surface area contributed by atoms with Crippen LogP contribution >= 0.6 is 0 Å². The first kappa shape index (κ1) is 17.0. The number of nitrogens with zero attached hydrogens (tertiary/aromatic N) is 2. The van der Waals surface area contributed by atoms with Crippen LogP contribution in [0.3, 0.4) is 0 Å². The van der Waals surface area contributed by atoms with Crippen LogP contribution in [0.5, 0.6) is 5.75 Å². The van der Waals surface area contributed by atoms with Gasteiger partial charge in [-0.25, -0.2) is 0 Å². The molecule has 1 aliphatic carbocycles. The predicted molar refractivity (Wildman–Crippen MR) is 93.3 cm³/mol. The number of hydrogen-bond donors (Lipinski definition) is 2. The number of carbonyl (C=O) groups is 2. The average Bonchev–Trinajstić information content (AvgIpc) is 2.99. The van der Waals surface area contributed by atoms with Gasteiger partial charge in [0.05, 0.1) is 18.8 Å². The highest BCUT2D eigenvalue weighted by Crippen LogP contribution is 2.29. The monoisotopic (exact) mass is 342 g/mol. The summed E-state index contributed by atoms with van der Waals surface area (Å²) in [4.78, 5) is 24.4. The fourth-order valence-corrected chi connectivity index (χ4v) is 3.07. The summed E-state index contributed by atoms with van der Waals surface area (Å²) in [7, 11) is 1.89. The van der Waals surface area contributed by atoms with Gasteiger partial charge in [-0.05, 0) is 50.5 Å². The summed E-state index contributed by atoms with van der Waals surface area (Å²) in [6.45, 7) is 2.48. The Balaban J connectivity index is 1.61. The normalized spacial score (nSPS) is 16.0. The number of fused-ring (bicyclic) bond motifs is 1. The molecule has 2 aromatic rings. The Morgan fingerprint density at radius 1 is 1.28 bits per heavy atom. The number of carbonyl (C=O) groups excluding carboxylic acids is 2. The minimum atomic E-state index is -0.680. The van der Waals surface area contributed by atoms with Crippen LogP contribution in [0.25, 0.3) is 0 Å². The minimum Gasteiger partial charge on any atom is -0.494 e. The first-order chi connectivity index (χ1) is 12.1. The van der Waals surface area contributed by atoms with E-state index in [2.05, 4.69) is 15.7 Å². The number of amides is 2. The van der Waals surface area contributed by atoms with Crippen molar-refractivity contribution in [1.29, 1.82) is 0 Å². The highest BCUT2D eigenvalue weighted by atomic mass is 16.5. The molecule has 0 saturated heterocycles. The van der Waals surface area contributed by atoms with Crippen LogP contribution in [0.2, 0.25) is 0 Å². The molecule has 1 aliphatic rings. The standard InChI is InChI=1S/C18H22N4O3/c1-3-25-13-9-7-12(8-10-13)20-17(23)18(24)21-15-5-4-6-16-14(15)11-19-22(16)2/h7-11,15H,3-6H2,1-2H3,(H,20,23)(H,21,24). The van der Waals surface area contributed by atoms with Gasteiger partial charge in [0.25, 0.3) is 0 Å². The van der Waals surface area contributed by atoms with Gasteiger partial charge >= 0.3 is 11.8 Å². The molecule has 1 atom stereocenters. The fraction of sp³-hybridized carbons (Fsp3) is 0.389. The molecular weight excluding hydrogens is 320 g/mol. The smallest absolute Gasteiger partial charge is 0.313 e. The zero-order chi connectivity index (χ0) is 17.8. The van der Waals surface area contributed by atoms with Crippen molar-refractivity contribution in [3.05, 3.63) is 41.7 Å². The van der Waals surface area contributed by atoms with Crippen molar-refractivity contribution >= 4 is 17.5 Å². The number of rotatable bonds is 4. The molecule has 3 rings (SSSR count). The van der Waals surface area contributed by atoms with E-state index in [0.717, 1.165) is 36.3 Å². The lowest BCUT2D eigenvalue weighted by Gasteiger charge is -2.23. The van der Waals surface area contributed by atoms with Gasteiger partial charge in [-0.3, -0.25) is 14.3 Å². The van der Waals surface area contributed by atoms with Gasteiger partial charge in [-0.1, -0.05) is 0 Å². The Labute approximate surface area is 146 Å². The van der Waals surface area contributed by atoms with Crippen molar-refractivity contribution < 1.29 is 14.3 Å². The van der Waals surface area contributed by atoms with Crippen molar-refractivity contribution in [2.75, 3.05) is 11.9 Å². The third kappa shape index (κ3) is 3.81. The molecule has 0 radical (unpaired) electrons. The second-order valence-corrected chi connectivity index (χ2v) is 6.00. The van der Waals surface area contributed by atoms with E-state index in [1.54, 1.807) is 30.5 Å². The summed E-state index contributed by atoms with van der Waals surface area (Å²) >= 11 is 0. The van der Waals surface area contributed by atoms with E-state index in [9.17, 15) is 9.59 Å². The Morgan fingerprint density at radius 3 is 2.76 bits per heavy atom. The van der Waals surface area contributed by atoms with Crippen LogP contribution < -0.4 is 15.4 Å². The van der Waals surface area contributed by atoms with Crippen LogP contribution in [0.1, 0.15) is 37.1 Å². The van der Waals surface area contributed by atoms with Crippen LogP contribution in [-0.2, 0) is 23.1 Å². The molecule has 7 nitrogen and oxygen atoms in total. The first-order valence-corrected chi connectivity index (χ1v) is 8.44. The van der Waals surface area contributed by atoms with Crippen molar-refractivity contribution in [3.63, 3.8) is 0 Å². The van der Waals surface area contributed by atoms with Crippen molar-refractivity contribution in [1.82, 2.24) is 15.1 Å². The molecule has 1 aromatic carbocycles. The molecule has 0 bridgehead atoms. The van der Waals surface area contributed by atoms with Crippen molar-refractivity contribution in [2.24, 2.45) is 7.05 Å². The van der Waals surface area contributed by atoms with E-state index in [1.165, 1.54) is 0 Å². The largest absolute Gasteiger partial charge is 0.494 e. The predicted octanol–water partition coefficient (Wildman–Crippen LogP) is 1.95. The lowest BCUT2D eigenvalue weighted by molar-refractivity contribution is -0.136. The zero-order valence-electron chi connectivity index (χ0n) is 14.4. The number of anilines is 1. The first-order valence-electron chi connectivity index (χ1n) is 8.44. The van der Waals surface area contributed by atoms with E-state index >= 15 is 0 Å². The molecule has 132 valence electrons. The average molecular weight is 342 g/mol. The van der Waals surface area contributed by atoms with Crippen LogP contribution in [0.15, 0.2) is 30.5 Å². The molecule has 0 aliphatic heterocycles. The molecule has 1 aromatic heterocycles. The lowest BCUT2D eigenvalue weighted by atomic mass is 9.93. The molecule has 0 saturated carbocycles. The number of aryl methyl sites for hydroxylation is 1. The van der Waals surface area contributed by atoms with Crippen molar-refractivity contribution in [2.45, 2.75) is 32.2 Å². The molecule has 0 fully saturated rings. The summed E-state index contributed by atoms with van der Waals surface area (Å²) in [5.74, 6) is -0.605. The second kappa shape index (κ2) is 7.38. The van der Waals surface area contributed by atoms with Gasteiger partial charge in [-0.15, -0.1) is 0 Å². The summed E-state index contributed by atoms with van der Waals surface area (Å²) in [6, 6.07) is 6.74. The third-order valence-electron chi connectivity index (χ3n) is 4.31. The van der Waals surface area contributed by atoms with Gasteiger partial charge in [0.1, 0.15) is 5.75 Å². The SMILES string of the molecule is CCOc1ccc(NC(=O)C(=O)NC2CCCc3c2cnn3C)cc1. The zero-order valence-corrected chi connectivity index (χ0v) is 14.4. The highest BCUT2D eigenvalue weighted by molar-refractivity contribution is 6.39. The molecule has 1 unspecified atom stereocenters. The van der Waals surface area contributed by atoms with Gasteiger partial charge in [-0.2, -0.15) is 5.10 Å². The number of benzene rings is 1. The molecule has 2 amide bonds. The second-order valence-electron chi connectivity index (χ2n) is 6.00. The van der Waals surface area contributed by atoms with Gasteiger partial charge in [0, 0.05) is 24.0 Å². The molecule has 25 heavy (non-hydrogen) atoms. The molecule has 2 N–H and O–H groups in total. The van der Waals surface area contributed by atoms with E-state index in [4.69, 9.17) is 4.74 Å². The van der Waals surface area contributed by atoms with Crippen LogP contribution in [0.4, 0.5) is 5.69 Å². The fourth-order valence-electron chi connectivity index (χ4n) is 3.07. The summed E-state index contributed by atoms with van der Waals surface area (Å²) < 4.78 is 7.18. The Morgan fingerprint density at radius 2 is 2.04 bits per heavy atom. The Bertz CT molecular complexity index is 767. The molecule has 1 heterocycles. The summed E-state index contributed by atoms with van der Waals surface area (Å²) in [5.41, 5.74) is 2.66. The van der Waals surface area contributed by atoms with E-state index in [-0.39, 0.29) is 6.04 Å². The number of ether oxygens (including phenoxy) is 1. The third-order valence-corrected chi connectivity index (χ3v) is 4.31. The molecule has 0 spiro atoms. The van der Waals surface area contributed by atoms with Crippen LogP contribution in [0, 0.1) is 0 Å². The van der Waals surface area contributed by atoms with Crippen molar-refractivity contribution in [3.8, 4) is 5.75 Å².